The van der Waals surface area contributed by atoms with Gasteiger partial charge in [0.1, 0.15) is 12.7 Å². The lowest BCUT2D eigenvalue weighted by atomic mass is 10.0. The number of rotatable bonds is 6. The van der Waals surface area contributed by atoms with Crippen LogP contribution in [0.5, 0.6) is 0 Å². The molecule has 0 radical (unpaired) electrons. The molecule has 122 valence electrons. The van der Waals surface area contributed by atoms with Gasteiger partial charge in [-0.1, -0.05) is 55.4 Å². The highest BCUT2D eigenvalue weighted by atomic mass is 16.6. The minimum atomic E-state index is -0.542. The van der Waals surface area contributed by atoms with Gasteiger partial charge in [0, 0.05) is 18.2 Å². The van der Waals surface area contributed by atoms with Gasteiger partial charge >= 0.3 is 0 Å². The highest BCUT2D eigenvalue weighted by molar-refractivity contribution is 6.08. The van der Waals surface area contributed by atoms with E-state index >= 15 is 0 Å². The molecule has 0 spiro atoms. The van der Waals surface area contributed by atoms with E-state index in [0.29, 0.717) is 12.6 Å². The van der Waals surface area contributed by atoms with Gasteiger partial charge in [-0.2, -0.15) is 0 Å². The van der Waals surface area contributed by atoms with Crippen molar-refractivity contribution >= 4 is 16.5 Å². The Labute approximate surface area is 137 Å². The van der Waals surface area contributed by atoms with Crippen LogP contribution in [0.15, 0.2) is 41.6 Å². The molecule has 0 aromatic heterocycles. The van der Waals surface area contributed by atoms with E-state index in [4.69, 9.17) is 4.84 Å². The van der Waals surface area contributed by atoms with Crippen LogP contribution < -0.4 is 5.32 Å². The molecule has 3 rings (SSSR count). The lowest BCUT2D eigenvalue weighted by Gasteiger charge is -2.13. The molecule has 1 atom stereocenters. The van der Waals surface area contributed by atoms with E-state index in [2.05, 4.69) is 46.9 Å². The molecule has 2 aromatic rings. The molecule has 1 unspecified atom stereocenters. The van der Waals surface area contributed by atoms with Gasteiger partial charge in [0.15, 0.2) is 0 Å². The van der Waals surface area contributed by atoms with Crippen molar-refractivity contribution in [1.29, 1.82) is 0 Å². The smallest absolute Gasteiger partial charge is 0.144 e. The third kappa shape index (κ3) is 3.71. The monoisotopic (exact) mass is 312 g/mol. The van der Waals surface area contributed by atoms with Crippen LogP contribution in [0.1, 0.15) is 31.4 Å². The summed E-state index contributed by atoms with van der Waals surface area (Å²) in [6.07, 6.45) is 1.35. The molecule has 0 fully saturated rings. The lowest BCUT2D eigenvalue weighted by Crippen LogP contribution is -2.34. The Hall–Kier alpha value is -1.91. The van der Waals surface area contributed by atoms with Crippen molar-refractivity contribution in [3.63, 3.8) is 0 Å². The Balaban J connectivity index is 1.67. The highest BCUT2D eigenvalue weighted by Crippen LogP contribution is 2.30. The number of hydrogen-bond acceptors (Lipinski definition) is 4. The maximum atomic E-state index is 9.85. The number of aliphatic hydroxyl groups excluding tert-OH is 1. The largest absolute Gasteiger partial charge is 0.393 e. The zero-order chi connectivity index (χ0) is 16.2. The number of oxime groups is 1. The van der Waals surface area contributed by atoms with Crippen LogP contribution in [0.2, 0.25) is 0 Å². The second kappa shape index (κ2) is 7.11. The lowest BCUT2D eigenvalue weighted by molar-refractivity contribution is 0.0393. The fourth-order valence-corrected chi connectivity index (χ4v) is 2.98. The van der Waals surface area contributed by atoms with Gasteiger partial charge in [0.25, 0.3) is 0 Å². The van der Waals surface area contributed by atoms with Gasteiger partial charge in [0.2, 0.25) is 0 Å². The molecule has 2 N–H and O–H groups in total. The first-order valence-electron chi connectivity index (χ1n) is 8.26. The van der Waals surface area contributed by atoms with Crippen molar-refractivity contribution in [3.05, 3.63) is 47.5 Å². The molecule has 0 bridgehead atoms. The van der Waals surface area contributed by atoms with Gasteiger partial charge in [0.05, 0.1) is 5.71 Å². The van der Waals surface area contributed by atoms with E-state index in [1.165, 1.54) is 21.9 Å². The zero-order valence-electron chi connectivity index (χ0n) is 13.7. The van der Waals surface area contributed by atoms with Crippen LogP contribution in [-0.2, 0) is 11.3 Å². The molecular weight excluding hydrogens is 288 g/mol. The fourth-order valence-electron chi connectivity index (χ4n) is 2.98. The molecule has 23 heavy (non-hydrogen) atoms. The van der Waals surface area contributed by atoms with Crippen molar-refractivity contribution in [2.45, 2.75) is 38.8 Å². The predicted octanol–water partition coefficient (Wildman–Crippen LogP) is 2.87. The maximum Gasteiger partial charge on any atom is 0.144 e. The van der Waals surface area contributed by atoms with Crippen molar-refractivity contribution in [2.75, 3.05) is 13.2 Å². The minimum absolute atomic E-state index is 0.214. The standard InChI is InChI=1S/C19H24N2O2/c1-13(2)20-11-15(22)12-23-21-19-10-9-17-16-6-4-3-5-14(16)7-8-18(17)19/h3-8,13,15,20,22H,9-12H2,1-2H3/b21-19+. The van der Waals surface area contributed by atoms with Crippen LogP contribution in [0, 0.1) is 0 Å². The molecule has 0 heterocycles. The van der Waals surface area contributed by atoms with Gasteiger partial charge in [-0.05, 0) is 29.2 Å². The van der Waals surface area contributed by atoms with Gasteiger partial charge in [-0.15, -0.1) is 0 Å². The quantitative estimate of drug-likeness (QED) is 0.807. The Morgan fingerprint density at radius 1 is 1.17 bits per heavy atom. The second-order valence-corrected chi connectivity index (χ2v) is 6.36. The first kappa shape index (κ1) is 16.0. The zero-order valence-corrected chi connectivity index (χ0v) is 13.7. The summed E-state index contributed by atoms with van der Waals surface area (Å²) in [6.45, 7) is 4.83. The maximum absolute atomic E-state index is 9.85. The average Bonchev–Trinajstić information content (AvgIpc) is 2.96. The first-order chi connectivity index (χ1) is 11.1. The molecule has 0 amide bonds. The summed E-state index contributed by atoms with van der Waals surface area (Å²) >= 11 is 0. The molecule has 1 aliphatic carbocycles. The Kier molecular flexibility index (Phi) is 4.94. The molecule has 2 aromatic carbocycles. The topological polar surface area (TPSA) is 53.8 Å². The van der Waals surface area contributed by atoms with Gasteiger partial charge in [-0.25, -0.2) is 0 Å². The number of aryl methyl sites for hydroxylation is 1. The summed E-state index contributed by atoms with van der Waals surface area (Å²) in [6, 6.07) is 13.1. The second-order valence-electron chi connectivity index (χ2n) is 6.36. The summed E-state index contributed by atoms with van der Waals surface area (Å²) in [5.41, 5.74) is 3.51. The molecule has 4 heteroatoms. The summed E-state index contributed by atoms with van der Waals surface area (Å²) in [4.78, 5) is 5.38. The minimum Gasteiger partial charge on any atom is -0.393 e. The molecule has 1 aliphatic rings. The van der Waals surface area contributed by atoms with E-state index < -0.39 is 6.10 Å². The van der Waals surface area contributed by atoms with Crippen LogP contribution in [0.4, 0.5) is 0 Å². The molecule has 0 aliphatic heterocycles. The van der Waals surface area contributed by atoms with E-state index in [1.54, 1.807) is 0 Å². The van der Waals surface area contributed by atoms with Gasteiger partial charge in [-0.3, -0.25) is 0 Å². The fraction of sp³-hybridized carbons (Fsp3) is 0.421. The number of hydrogen-bond donors (Lipinski definition) is 2. The Bertz CT molecular complexity index is 710. The van der Waals surface area contributed by atoms with Crippen LogP contribution in [0.3, 0.4) is 0 Å². The summed E-state index contributed by atoms with van der Waals surface area (Å²) in [7, 11) is 0. The normalized spacial score (nSPS) is 17.0. The summed E-state index contributed by atoms with van der Waals surface area (Å²) in [5.74, 6) is 0. The Morgan fingerprint density at radius 3 is 2.83 bits per heavy atom. The number of nitrogens with one attached hydrogen (secondary N) is 1. The van der Waals surface area contributed by atoms with Crippen LogP contribution >= 0.6 is 0 Å². The van der Waals surface area contributed by atoms with E-state index in [0.717, 1.165) is 18.6 Å². The predicted molar refractivity (Wildman–Crippen MR) is 93.9 cm³/mol. The van der Waals surface area contributed by atoms with Crippen molar-refractivity contribution in [2.24, 2.45) is 5.16 Å². The van der Waals surface area contributed by atoms with Crippen molar-refractivity contribution in [1.82, 2.24) is 5.32 Å². The number of fused-ring (bicyclic) bond motifs is 3. The third-order valence-electron chi connectivity index (χ3n) is 4.17. The van der Waals surface area contributed by atoms with Crippen molar-refractivity contribution < 1.29 is 9.94 Å². The van der Waals surface area contributed by atoms with E-state index in [-0.39, 0.29) is 6.61 Å². The molecular formula is C19H24N2O2. The summed E-state index contributed by atoms with van der Waals surface area (Å²) in [5, 5.41) is 19.9. The molecule has 4 nitrogen and oxygen atoms in total. The van der Waals surface area contributed by atoms with E-state index in [1.807, 2.05) is 13.8 Å². The van der Waals surface area contributed by atoms with E-state index in [9.17, 15) is 5.11 Å². The number of aliphatic hydroxyl groups is 1. The SMILES string of the molecule is CC(C)NCC(O)CO/N=C1\CCc2c1ccc1ccccc21. The van der Waals surface area contributed by atoms with Crippen LogP contribution in [-0.4, -0.2) is 36.1 Å². The van der Waals surface area contributed by atoms with Gasteiger partial charge < -0.3 is 15.3 Å². The Morgan fingerprint density at radius 2 is 2.00 bits per heavy atom. The average molecular weight is 312 g/mol. The van der Waals surface area contributed by atoms with Crippen LogP contribution in [0.25, 0.3) is 10.8 Å². The molecule has 0 saturated carbocycles. The third-order valence-corrected chi connectivity index (χ3v) is 4.17. The highest BCUT2D eigenvalue weighted by Gasteiger charge is 2.20. The van der Waals surface area contributed by atoms with Crippen molar-refractivity contribution in [3.8, 4) is 0 Å². The summed E-state index contributed by atoms with van der Waals surface area (Å²) < 4.78 is 0. The first-order valence-corrected chi connectivity index (χ1v) is 8.26. The molecule has 0 saturated heterocycles. The number of benzene rings is 2. The number of nitrogens with zero attached hydrogens (tertiary/aromatic N) is 1.